The third kappa shape index (κ3) is 5.27. The molecule has 0 aliphatic rings. The fourth-order valence-electron chi connectivity index (χ4n) is 3.12. The Morgan fingerprint density at radius 3 is 1.60 bits per heavy atom. The molecule has 3 heteroatoms. The van der Waals surface area contributed by atoms with Crippen molar-refractivity contribution in [1.82, 2.24) is 0 Å². The molecule has 0 fully saturated rings. The summed E-state index contributed by atoms with van der Waals surface area (Å²) in [6.45, 7) is 6.90. The average Bonchev–Trinajstić information content (AvgIpc) is 2.48. The van der Waals surface area contributed by atoms with Crippen LogP contribution in [0.2, 0.25) is 13.3 Å². The van der Waals surface area contributed by atoms with Crippen molar-refractivity contribution in [3.63, 3.8) is 0 Å². The van der Waals surface area contributed by atoms with Gasteiger partial charge < -0.3 is 0 Å². The summed E-state index contributed by atoms with van der Waals surface area (Å²) in [4.78, 5) is 0. The predicted octanol–water partition coefficient (Wildman–Crippen LogP) is 4.38. The van der Waals surface area contributed by atoms with E-state index in [4.69, 9.17) is 0 Å². The fourth-order valence-corrected chi connectivity index (χ4v) is 19.0. The van der Waals surface area contributed by atoms with Gasteiger partial charge in [-0.15, -0.1) is 0 Å². The van der Waals surface area contributed by atoms with Crippen LogP contribution in [-0.2, 0) is 0 Å². The molecular weight excluding hydrogens is 353 g/mol. The quantitative estimate of drug-likeness (QED) is 0.334. The summed E-state index contributed by atoms with van der Waals surface area (Å²) in [5.41, 5.74) is 0. The summed E-state index contributed by atoms with van der Waals surface area (Å²) >= 11 is -2.28. The molecule has 0 saturated heterocycles. The third-order valence-electron chi connectivity index (χ3n) is 4.44. The van der Waals surface area contributed by atoms with Crippen molar-refractivity contribution in [1.29, 1.82) is 0 Å². The van der Waals surface area contributed by atoms with Gasteiger partial charge in [0.1, 0.15) is 0 Å². The van der Waals surface area contributed by atoms with Crippen molar-refractivity contribution in [2.24, 2.45) is 0 Å². The zero-order valence-electron chi connectivity index (χ0n) is 13.5. The van der Waals surface area contributed by atoms with Crippen LogP contribution in [0.15, 0.2) is 24.5 Å². The molecule has 0 N–H and O–H groups in total. The number of hydrogen-bond acceptors (Lipinski definition) is 1. The molecule has 1 heterocycles. The Kier molecular flexibility index (Phi) is 8.58. The summed E-state index contributed by atoms with van der Waals surface area (Å²) in [6.07, 6.45) is 11.4. The molecule has 0 unspecified atom stereocenters. The summed E-state index contributed by atoms with van der Waals surface area (Å²) in [7, 11) is 0. The van der Waals surface area contributed by atoms with Gasteiger partial charge in [0.15, 0.2) is 0 Å². The second kappa shape index (κ2) is 9.64. The number of rotatable bonds is 10. The molecule has 2 nitrogen and oxygen atoms in total. The minimum absolute atomic E-state index is 0.930. The zero-order chi connectivity index (χ0) is 14.8. The standard InChI is InChI=1S/C5H4NO.3C4H9.Sn/c7-6-4-2-1-3-5-6;3*1-3-4-2;/h2-5H;3*1,3-4H2,2H3;. The normalized spacial score (nSPS) is 11.8. The van der Waals surface area contributed by atoms with Gasteiger partial charge in [0.25, 0.3) is 0 Å². The first-order valence-electron chi connectivity index (χ1n) is 8.37. The molecule has 20 heavy (non-hydrogen) atoms. The summed E-state index contributed by atoms with van der Waals surface area (Å²) in [5.74, 6) is 0. The number of hydrogen-bond donors (Lipinski definition) is 0. The average molecular weight is 384 g/mol. The van der Waals surface area contributed by atoms with Crippen LogP contribution in [0, 0.1) is 5.21 Å². The Morgan fingerprint density at radius 2 is 1.25 bits per heavy atom. The number of unbranched alkanes of at least 4 members (excludes halogenated alkanes) is 3. The summed E-state index contributed by atoms with van der Waals surface area (Å²) in [5, 5.41) is 11.3. The third-order valence-corrected chi connectivity index (χ3v) is 20.1. The molecule has 0 bridgehead atoms. The van der Waals surface area contributed by atoms with Gasteiger partial charge in [0.05, 0.1) is 0 Å². The van der Waals surface area contributed by atoms with Crippen LogP contribution in [0.1, 0.15) is 59.3 Å². The van der Waals surface area contributed by atoms with E-state index in [0.29, 0.717) is 0 Å². The van der Waals surface area contributed by atoms with Crippen molar-refractivity contribution in [3.8, 4) is 0 Å². The SMILES string of the molecule is CCC[CH2][Sn]([CH2]CCC)([CH2]CCC)[c]1cc[n+]([O-])cc1. The van der Waals surface area contributed by atoms with Gasteiger partial charge in [-0.2, -0.15) is 0 Å². The van der Waals surface area contributed by atoms with Gasteiger partial charge >= 0.3 is 129 Å². The maximum absolute atomic E-state index is 11.3. The number of nitrogens with zero attached hydrogens (tertiary/aromatic N) is 1. The molecule has 1 aromatic rings. The van der Waals surface area contributed by atoms with E-state index in [2.05, 4.69) is 32.9 Å². The maximum atomic E-state index is 11.3. The fraction of sp³-hybridized carbons (Fsp3) is 0.706. The second-order valence-corrected chi connectivity index (χ2v) is 19.3. The van der Waals surface area contributed by atoms with E-state index >= 15 is 0 Å². The van der Waals surface area contributed by atoms with Crippen LogP contribution >= 0.6 is 0 Å². The van der Waals surface area contributed by atoms with Crippen LogP contribution < -0.4 is 8.31 Å². The molecule has 0 aliphatic heterocycles. The molecule has 0 aliphatic carbocycles. The summed E-state index contributed by atoms with van der Waals surface area (Å²) in [6, 6.07) is 4.29. The topological polar surface area (TPSA) is 26.9 Å². The molecule has 0 saturated carbocycles. The van der Waals surface area contributed by atoms with Crippen LogP contribution in [0.25, 0.3) is 0 Å². The Labute approximate surface area is 129 Å². The van der Waals surface area contributed by atoms with Gasteiger partial charge in [-0.25, -0.2) is 0 Å². The van der Waals surface area contributed by atoms with E-state index in [1.54, 1.807) is 16.0 Å². The van der Waals surface area contributed by atoms with Gasteiger partial charge in [-0.3, -0.25) is 0 Å². The van der Waals surface area contributed by atoms with Crippen molar-refractivity contribution >= 4 is 22.0 Å². The van der Waals surface area contributed by atoms with Crippen molar-refractivity contribution in [3.05, 3.63) is 29.7 Å². The van der Waals surface area contributed by atoms with Gasteiger partial charge in [0, 0.05) is 0 Å². The van der Waals surface area contributed by atoms with E-state index in [1.165, 1.54) is 51.8 Å². The van der Waals surface area contributed by atoms with E-state index in [9.17, 15) is 5.21 Å². The molecule has 0 atom stereocenters. The van der Waals surface area contributed by atoms with E-state index in [0.717, 1.165) is 4.73 Å². The first-order chi connectivity index (χ1) is 9.68. The first-order valence-corrected chi connectivity index (χ1v) is 15.9. The zero-order valence-corrected chi connectivity index (χ0v) is 16.4. The van der Waals surface area contributed by atoms with E-state index < -0.39 is 18.4 Å². The Bertz CT molecular complexity index is 342. The minimum atomic E-state index is -2.28. The Morgan fingerprint density at radius 1 is 0.850 bits per heavy atom. The van der Waals surface area contributed by atoms with Crippen LogP contribution in [0.5, 0.6) is 0 Å². The monoisotopic (exact) mass is 385 g/mol. The van der Waals surface area contributed by atoms with Gasteiger partial charge in [-0.05, 0) is 0 Å². The molecule has 1 aromatic heterocycles. The Hall–Kier alpha value is -0.251. The molecule has 0 aromatic carbocycles. The predicted molar refractivity (Wildman–Crippen MR) is 89.9 cm³/mol. The molecule has 114 valence electrons. The molecular formula is C17H31NOSn. The van der Waals surface area contributed by atoms with Crippen molar-refractivity contribution in [2.75, 3.05) is 0 Å². The number of aromatic nitrogens is 1. The van der Waals surface area contributed by atoms with Crippen LogP contribution in [0.3, 0.4) is 0 Å². The Balaban J connectivity index is 3.00. The molecule has 0 spiro atoms. The molecule has 0 radical (unpaired) electrons. The number of pyridine rings is 1. The van der Waals surface area contributed by atoms with E-state index in [-0.39, 0.29) is 0 Å². The molecule has 1 rings (SSSR count). The van der Waals surface area contributed by atoms with Gasteiger partial charge in [0.2, 0.25) is 0 Å². The summed E-state index contributed by atoms with van der Waals surface area (Å²) < 4.78 is 6.91. The van der Waals surface area contributed by atoms with Crippen LogP contribution in [0.4, 0.5) is 0 Å². The van der Waals surface area contributed by atoms with Crippen LogP contribution in [-0.4, -0.2) is 18.4 Å². The van der Waals surface area contributed by atoms with Crippen molar-refractivity contribution < 1.29 is 4.73 Å². The van der Waals surface area contributed by atoms with Gasteiger partial charge in [-0.1, -0.05) is 0 Å². The first kappa shape index (κ1) is 17.8. The molecule has 0 amide bonds. The second-order valence-electron chi connectivity index (χ2n) is 6.04. The van der Waals surface area contributed by atoms with Crippen molar-refractivity contribution in [2.45, 2.75) is 72.6 Å². The van der Waals surface area contributed by atoms with E-state index in [1.807, 2.05) is 0 Å².